The van der Waals surface area contributed by atoms with Crippen molar-refractivity contribution in [3.63, 3.8) is 0 Å². The zero-order valence-corrected chi connectivity index (χ0v) is 10.8. The first-order valence-corrected chi connectivity index (χ1v) is 5.75. The van der Waals surface area contributed by atoms with Crippen LogP contribution in [0.15, 0.2) is 12.2 Å². The number of nitrogens with zero attached hydrogens (tertiary/aromatic N) is 1. The minimum atomic E-state index is -0.0413. The molecule has 0 aliphatic heterocycles. The van der Waals surface area contributed by atoms with Crippen molar-refractivity contribution in [1.82, 2.24) is 5.32 Å². The number of carbonyl (C=O) groups is 1. The molecule has 0 fully saturated rings. The molecule has 0 aromatic rings. The van der Waals surface area contributed by atoms with Crippen molar-refractivity contribution in [2.24, 2.45) is 0 Å². The van der Waals surface area contributed by atoms with E-state index >= 15 is 0 Å². The van der Waals surface area contributed by atoms with Gasteiger partial charge in [-0.1, -0.05) is 6.58 Å². The average molecular weight is 213 g/mol. The number of nitrogens with one attached hydrogen (secondary N) is 1. The first-order chi connectivity index (χ1) is 6.93. The van der Waals surface area contributed by atoms with Crippen LogP contribution in [0.3, 0.4) is 0 Å². The highest BCUT2D eigenvalue weighted by atomic mass is 16.1. The molecule has 0 saturated carbocycles. The molecule has 88 valence electrons. The van der Waals surface area contributed by atoms with E-state index in [-0.39, 0.29) is 12.1 Å². The molecule has 0 aliphatic rings. The Balaban J connectivity index is 4.58. The van der Waals surface area contributed by atoms with Crippen LogP contribution in [0.1, 0.15) is 34.6 Å². The molecule has 0 heterocycles. The lowest BCUT2D eigenvalue weighted by molar-refractivity contribution is -0.946. The summed E-state index contributed by atoms with van der Waals surface area (Å²) in [7, 11) is 0. The lowest BCUT2D eigenvalue weighted by Gasteiger charge is -2.41. The van der Waals surface area contributed by atoms with Crippen molar-refractivity contribution < 1.29 is 9.28 Å². The summed E-state index contributed by atoms with van der Waals surface area (Å²) in [5.74, 6) is -0.0413. The van der Waals surface area contributed by atoms with E-state index in [1.807, 2.05) is 0 Å². The zero-order chi connectivity index (χ0) is 12.1. The van der Waals surface area contributed by atoms with Crippen molar-refractivity contribution in [3.05, 3.63) is 12.2 Å². The van der Waals surface area contributed by atoms with Crippen LogP contribution in [-0.2, 0) is 4.79 Å². The summed E-state index contributed by atoms with van der Waals surface area (Å²) < 4.78 is 0.916. The Labute approximate surface area is 93.7 Å². The highest BCUT2D eigenvalue weighted by Gasteiger charge is 2.29. The minimum Gasteiger partial charge on any atom is -0.305 e. The Morgan fingerprint density at radius 2 is 1.67 bits per heavy atom. The number of hydrogen-bond donors (Lipinski definition) is 1. The van der Waals surface area contributed by atoms with Crippen LogP contribution in [0.4, 0.5) is 0 Å². The summed E-state index contributed by atoms with van der Waals surface area (Å²) >= 11 is 0. The van der Waals surface area contributed by atoms with Crippen molar-refractivity contribution in [1.29, 1.82) is 0 Å². The monoisotopic (exact) mass is 213 g/mol. The first-order valence-electron chi connectivity index (χ1n) is 5.75. The lowest BCUT2D eigenvalue weighted by atomic mass is 10.2. The van der Waals surface area contributed by atoms with Crippen LogP contribution in [-0.4, -0.2) is 36.2 Å². The van der Waals surface area contributed by atoms with E-state index in [1.165, 1.54) is 0 Å². The molecule has 1 atom stereocenters. The maximum Gasteiger partial charge on any atom is 0.250 e. The van der Waals surface area contributed by atoms with E-state index in [4.69, 9.17) is 0 Å². The maximum absolute atomic E-state index is 11.5. The van der Waals surface area contributed by atoms with Crippen LogP contribution in [0.2, 0.25) is 0 Å². The van der Waals surface area contributed by atoms with Crippen molar-refractivity contribution in [2.45, 2.75) is 40.8 Å². The standard InChI is InChI=1S/C12H24N2O/c1-7-14(8-2,9-3)11(6)13-12(15)10(4)5/h11H,4,7-9H2,1-3,5-6H3/p+1. The van der Waals surface area contributed by atoms with Gasteiger partial charge in [-0.2, -0.15) is 0 Å². The van der Waals surface area contributed by atoms with Gasteiger partial charge < -0.3 is 9.80 Å². The van der Waals surface area contributed by atoms with Crippen LogP contribution >= 0.6 is 0 Å². The predicted molar refractivity (Wildman–Crippen MR) is 64.3 cm³/mol. The average Bonchev–Trinajstić information content (AvgIpc) is 2.21. The van der Waals surface area contributed by atoms with Crippen molar-refractivity contribution in [2.75, 3.05) is 19.6 Å². The predicted octanol–water partition coefficient (Wildman–Crippen LogP) is 1.90. The van der Waals surface area contributed by atoms with Crippen LogP contribution in [0, 0.1) is 0 Å². The van der Waals surface area contributed by atoms with Gasteiger partial charge in [0, 0.05) is 12.5 Å². The van der Waals surface area contributed by atoms with Gasteiger partial charge in [0.15, 0.2) is 6.17 Å². The number of amides is 1. The Hall–Kier alpha value is -0.830. The van der Waals surface area contributed by atoms with Gasteiger partial charge in [-0.15, -0.1) is 0 Å². The number of quaternary nitrogens is 1. The third-order valence-corrected chi connectivity index (χ3v) is 3.44. The van der Waals surface area contributed by atoms with E-state index in [2.05, 4.69) is 39.6 Å². The molecule has 0 radical (unpaired) electrons. The number of carbonyl (C=O) groups excluding carboxylic acids is 1. The summed E-state index contributed by atoms with van der Waals surface area (Å²) in [5, 5.41) is 3.01. The Morgan fingerprint density at radius 3 is 1.93 bits per heavy atom. The molecule has 3 nitrogen and oxygen atoms in total. The maximum atomic E-state index is 11.5. The van der Waals surface area contributed by atoms with Gasteiger partial charge in [0.1, 0.15) is 0 Å². The molecule has 0 saturated heterocycles. The quantitative estimate of drug-likeness (QED) is 0.407. The fourth-order valence-electron chi connectivity index (χ4n) is 1.94. The second kappa shape index (κ2) is 5.91. The molecule has 15 heavy (non-hydrogen) atoms. The highest BCUT2D eigenvalue weighted by molar-refractivity contribution is 5.92. The Bertz CT molecular complexity index is 224. The number of hydrogen-bond acceptors (Lipinski definition) is 1. The van der Waals surface area contributed by atoms with Gasteiger partial charge >= 0.3 is 0 Å². The molecule has 0 rings (SSSR count). The third kappa shape index (κ3) is 3.34. The Kier molecular flexibility index (Phi) is 5.58. The topological polar surface area (TPSA) is 29.1 Å². The van der Waals surface area contributed by atoms with E-state index in [0.717, 1.165) is 24.1 Å². The molecule has 1 N–H and O–H groups in total. The molecule has 1 amide bonds. The molecule has 0 spiro atoms. The van der Waals surface area contributed by atoms with E-state index in [0.29, 0.717) is 5.57 Å². The fraction of sp³-hybridized carbons (Fsp3) is 0.750. The Morgan fingerprint density at radius 1 is 1.27 bits per heavy atom. The molecule has 0 aromatic carbocycles. The zero-order valence-electron chi connectivity index (χ0n) is 10.8. The van der Waals surface area contributed by atoms with Gasteiger partial charge in [-0.05, 0) is 27.7 Å². The van der Waals surface area contributed by atoms with Gasteiger partial charge in [-0.25, -0.2) is 0 Å². The second-order valence-electron chi connectivity index (χ2n) is 4.10. The molecular formula is C12H25N2O+. The van der Waals surface area contributed by atoms with Gasteiger partial charge in [0.05, 0.1) is 19.6 Å². The van der Waals surface area contributed by atoms with Crippen molar-refractivity contribution >= 4 is 5.91 Å². The second-order valence-corrected chi connectivity index (χ2v) is 4.10. The summed E-state index contributed by atoms with van der Waals surface area (Å²) in [4.78, 5) is 11.5. The van der Waals surface area contributed by atoms with Crippen LogP contribution in [0.25, 0.3) is 0 Å². The van der Waals surface area contributed by atoms with Crippen molar-refractivity contribution in [3.8, 4) is 0 Å². The molecule has 0 aliphatic carbocycles. The fourth-order valence-corrected chi connectivity index (χ4v) is 1.94. The summed E-state index contributed by atoms with van der Waals surface area (Å²) in [5.41, 5.74) is 0.572. The van der Waals surface area contributed by atoms with E-state index < -0.39 is 0 Å². The molecule has 3 heteroatoms. The molecular weight excluding hydrogens is 188 g/mol. The minimum absolute atomic E-state index is 0.0413. The van der Waals surface area contributed by atoms with Crippen LogP contribution < -0.4 is 5.32 Å². The summed E-state index contributed by atoms with van der Waals surface area (Å²) in [6.45, 7) is 17.0. The van der Waals surface area contributed by atoms with Gasteiger partial charge in [-0.3, -0.25) is 4.79 Å². The third-order valence-electron chi connectivity index (χ3n) is 3.44. The SMILES string of the molecule is C=C(C)C(=O)NC(C)[N+](CC)(CC)CC. The van der Waals surface area contributed by atoms with Gasteiger partial charge in [0.25, 0.3) is 5.91 Å². The highest BCUT2D eigenvalue weighted by Crippen LogP contribution is 2.11. The van der Waals surface area contributed by atoms with Gasteiger partial charge in [0.2, 0.25) is 0 Å². The molecule has 1 unspecified atom stereocenters. The normalized spacial score (nSPS) is 13.4. The smallest absolute Gasteiger partial charge is 0.250 e. The lowest BCUT2D eigenvalue weighted by Crippen LogP contribution is -2.60. The summed E-state index contributed by atoms with van der Waals surface area (Å²) in [6, 6.07) is 0. The molecule has 0 aromatic heterocycles. The summed E-state index contributed by atoms with van der Waals surface area (Å²) in [6.07, 6.45) is 0.147. The van der Waals surface area contributed by atoms with E-state index in [1.54, 1.807) is 6.92 Å². The first kappa shape index (κ1) is 14.2. The molecule has 0 bridgehead atoms. The largest absolute Gasteiger partial charge is 0.305 e. The number of rotatable bonds is 6. The van der Waals surface area contributed by atoms with E-state index in [9.17, 15) is 4.79 Å². The van der Waals surface area contributed by atoms with Crippen LogP contribution in [0.5, 0.6) is 0 Å².